The minimum Gasteiger partial charge on any atom is -0.481 e. The summed E-state index contributed by atoms with van der Waals surface area (Å²) >= 11 is 0. The second-order valence-electron chi connectivity index (χ2n) is 4.31. The lowest BCUT2D eigenvalue weighted by Gasteiger charge is -2.20. The SMILES string of the molecule is CCN(Cc1ccccc1)S(=O)(=O)NCCCC(=O)O. The molecule has 7 heteroatoms. The summed E-state index contributed by atoms with van der Waals surface area (Å²) in [6.07, 6.45) is 0.227. The number of nitrogens with one attached hydrogen (secondary N) is 1. The Bertz CT molecular complexity index is 516. The van der Waals surface area contributed by atoms with Crippen molar-refractivity contribution in [2.45, 2.75) is 26.3 Å². The van der Waals surface area contributed by atoms with Crippen LogP contribution in [0.4, 0.5) is 0 Å². The van der Waals surface area contributed by atoms with Crippen molar-refractivity contribution >= 4 is 16.2 Å². The minimum atomic E-state index is -3.58. The molecule has 20 heavy (non-hydrogen) atoms. The lowest BCUT2D eigenvalue weighted by Crippen LogP contribution is -2.40. The van der Waals surface area contributed by atoms with Gasteiger partial charge in [0.05, 0.1) is 0 Å². The molecule has 0 amide bonds. The third-order valence-corrected chi connectivity index (χ3v) is 4.38. The fourth-order valence-corrected chi connectivity index (χ4v) is 2.93. The molecule has 0 aromatic heterocycles. The predicted molar refractivity (Wildman–Crippen MR) is 76.3 cm³/mol. The van der Waals surface area contributed by atoms with Gasteiger partial charge in [0.2, 0.25) is 0 Å². The van der Waals surface area contributed by atoms with E-state index in [0.29, 0.717) is 13.1 Å². The number of carboxylic acid groups (broad SMARTS) is 1. The van der Waals surface area contributed by atoms with Crippen LogP contribution >= 0.6 is 0 Å². The molecule has 0 spiro atoms. The fourth-order valence-electron chi connectivity index (χ4n) is 1.69. The number of rotatable bonds is 9. The summed E-state index contributed by atoms with van der Waals surface area (Å²) in [4.78, 5) is 10.4. The molecular formula is C13H20N2O4S. The van der Waals surface area contributed by atoms with Crippen LogP contribution in [0.2, 0.25) is 0 Å². The number of hydrogen-bond acceptors (Lipinski definition) is 3. The maximum absolute atomic E-state index is 12.1. The molecule has 0 atom stereocenters. The van der Waals surface area contributed by atoms with E-state index in [1.165, 1.54) is 4.31 Å². The van der Waals surface area contributed by atoms with E-state index in [-0.39, 0.29) is 19.4 Å². The zero-order valence-electron chi connectivity index (χ0n) is 11.4. The van der Waals surface area contributed by atoms with Gasteiger partial charge >= 0.3 is 5.97 Å². The van der Waals surface area contributed by atoms with Gasteiger partial charge in [0.15, 0.2) is 0 Å². The molecule has 112 valence electrons. The van der Waals surface area contributed by atoms with E-state index < -0.39 is 16.2 Å². The first kappa shape index (κ1) is 16.6. The normalized spacial score (nSPS) is 11.7. The summed E-state index contributed by atoms with van der Waals surface area (Å²) in [5, 5.41) is 8.51. The molecule has 1 aromatic rings. The summed E-state index contributed by atoms with van der Waals surface area (Å²) in [6.45, 7) is 2.54. The van der Waals surface area contributed by atoms with Crippen molar-refractivity contribution in [3.05, 3.63) is 35.9 Å². The van der Waals surface area contributed by atoms with Gasteiger partial charge in [0.1, 0.15) is 0 Å². The van der Waals surface area contributed by atoms with Gasteiger partial charge in [-0.15, -0.1) is 0 Å². The van der Waals surface area contributed by atoms with Crippen LogP contribution in [0, 0.1) is 0 Å². The molecule has 0 fully saturated rings. The Morgan fingerprint density at radius 2 is 1.95 bits per heavy atom. The molecule has 0 aliphatic rings. The zero-order chi connectivity index (χ0) is 15.0. The highest BCUT2D eigenvalue weighted by Gasteiger charge is 2.19. The molecule has 1 aromatic carbocycles. The third kappa shape index (κ3) is 5.68. The summed E-state index contributed by atoms with van der Waals surface area (Å²) in [5.74, 6) is -0.930. The van der Waals surface area contributed by atoms with Crippen LogP contribution in [0.15, 0.2) is 30.3 Å². The number of carboxylic acids is 1. The van der Waals surface area contributed by atoms with Gasteiger partial charge in [-0.2, -0.15) is 12.7 Å². The minimum absolute atomic E-state index is 0.0483. The summed E-state index contributed by atoms with van der Waals surface area (Å²) in [7, 11) is -3.58. The van der Waals surface area contributed by atoms with Crippen LogP contribution in [0.5, 0.6) is 0 Å². The predicted octanol–water partition coefficient (Wildman–Crippen LogP) is 1.21. The van der Waals surface area contributed by atoms with Gasteiger partial charge in [0.25, 0.3) is 10.2 Å². The molecule has 0 saturated heterocycles. The summed E-state index contributed by atoms with van der Waals surface area (Å²) < 4.78 is 27.9. The van der Waals surface area contributed by atoms with Crippen LogP contribution in [0.25, 0.3) is 0 Å². The van der Waals surface area contributed by atoms with Crippen LogP contribution in [-0.2, 0) is 21.5 Å². The lowest BCUT2D eigenvalue weighted by molar-refractivity contribution is -0.137. The zero-order valence-corrected chi connectivity index (χ0v) is 12.3. The van der Waals surface area contributed by atoms with E-state index in [1.54, 1.807) is 6.92 Å². The highest BCUT2D eigenvalue weighted by molar-refractivity contribution is 7.87. The van der Waals surface area contributed by atoms with Crippen LogP contribution < -0.4 is 4.72 Å². The Labute approximate surface area is 119 Å². The molecule has 6 nitrogen and oxygen atoms in total. The average molecular weight is 300 g/mol. The van der Waals surface area contributed by atoms with Crippen molar-refractivity contribution in [3.63, 3.8) is 0 Å². The lowest BCUT2D eigenvalue weighted by atomic mass is 10.2. The average Bonchev–Trinajstić information content (AvgIpc) is 2.42. The number of aliphatic carboxylic acids is 1. The van der Waals surface area contributed by atoms with E-state index in [2.05, 4.69) is 4.72 Å². The number of benzene rings is 1. The second kappa shape index (κ2) is 7.98. The van der Waals surface area contributed by atoms with Crippen molar-refractivity contribution < 1.29 is 18.3 Å². The van der Waals surface area contributed by atoms with Gasteiger partial charge < -0.3 is 5.11 Å². The number of hydrogen-bond donors (Lipinski definition) is 2. The van der Waals surface area contributed by atoms with Crippen LogP contribution in [0.3, 0.4) is 0 Å². The van der Waals surface area contributed by atoms with E-state index in [9.17, 15) is 13.2 Å². The molecule has 0 aliphatic heterocycles. The van der Waals surface area contributed by atoms with Crippen molar-refractivity contribution in [3.8, 4) is 0 Å². The Morgan fingerprint density at radius 3 is 2.50 bits per heavy atom. The molecule has 2 N–H and O–H groups in total. The smallest absolute Gasteiger partial charge is 0.303 e. The van der Waals surface area contributed by atoms with E-state index in [4.69, 9.17) is 5.11 Å². The molecule has 0 aliphatic carbocycles. The van der Waals surface area contributed by atoms with E-state index >= 15 is 0 Å². The molecule has 0 saturated carbocycles. The van der Waals surface area contributed by atoms with Gasteiger partial charge in [-0.05, 0) is 12.0 Å². The van der Waals surface area contributed by atoms with Crippen LogP contribution in [-0.4, -0.2) is 36.9 Å². The molecule has 0 radical (unpaired) electrons. The van der Waals surface area contributed by atoms with Gasteiger partial charge in [-0.3, -0.25) is 4.79 Å². The molecule has 1 rings (SSSR count). The van der Waals surface area contributed by atoms with Gasteiger partial charge in [0, 0.05) is 26.1 Å². The van der Waals surface area contributed by atoms with E-state index in [1.807, 2.05) is 30.3 Å². The van der Waals surface area contributed by atoms with Crippen molar-refractivity contribution in [2.75, 3.05) is 13.1 Å². The summed E-state index contributed by atoms with van der Waals surface area (Å²) in [5.41, 5.74) is 0.908. The molecule has 0 bridgehead atoms. The first-order valence-electron chi connectivity index (χ1n) is 6.46. The van der Waals surface area contributed by atoms with Crippen molar-refractivity contribution in [1.82, 2.24) is 9.03 Å². The Hall–Kier alpha value is -1.44. The largest absolute Gasteiger partial charge is 0.481 e. The van der Waals surface area contributed by atoms with E-state index in [0.717, 1.165) is 5.56 Å². The first-order valence-corrected chi connectivity index (χ1v) is 7.90. The molecule has 0 unspecified atom stereocenters. The molecule has 0 heterocycles. The summed E-state index contributed by atoms with van der Waals surface area (Å²) in [6, 6.07) is 9.32. The number of nitrogens with zero attached hydrogens (tertiary/aromatic N) is 1. The van der Waals surface area contributed by atoms with Gasteiger partial charge in [-0.1, -0.05) is 37.3 Å². The monoisotopic (exact) mass is 300 g/mol. The van der Waals surface area contributed by atoms with Crippen molar-refractivity contribution in [2.24, 2.45) is 0 Å². The van der Waals surface area contributed by atoms with Crippen LogP contribution in [0.1, 0.15) is 25.3 Å². The standard InChI is InChI=1S/C13H20N2O4S/c1-2-15(11-12-7-4-3-5-8-12)20(18,19)14-10-6-9-13(16)17/h3-5,7-8,14H,2,6,9-11H2,1H3,(H,16,17). The van der Waals surface area contributed by atoms with Gasteiger partial charge in [-0.25, -0.2) is 4.72 Å². The second-order valence-corrected chi connectivity index (χ2v) is 6.06. The quantitative estimate of drug-likeness (QED) is 0.671. The fraction of sp³-hybridized carbons (Fsp3) is 0.462. The first-order chi connectivity index (χ1) is 9.45. The Balaban J connectivity index is 2.56. The molecular weight excluding hydrogens is 280 g/mol. The highest BCUT2D eigenvalue weighted by atomic mass is 32.2. The Morgan fingerprint density at radius 1 is 1.30 bits per heavy atom. The number of carbonyl (C=O) groups is 1. The topological polar surface area (TPSA) is 86.7 Å². The maximum atomic E-state index is 12.1. The highest BCUT2D eigenvalue weighted by Crippen LogP contribution is 2.07. The third-order valence-electron chi connectivity index (χ3n) is 2.75. The van der Waals surface area contributed by atoms with Crippen molar-refractivity contribution in [1.29, 1.82) is 0 Å². The maximum Gasteiger partial charge on any atom is 0.303 e. The Kier molecular flexibility index (Phi) is 6.63.